The molecule has 0 aromatic carbocycles. The average molecular weight is 166 g/mol. The van der Waals surface area contributed by atoms with Gasteiger partial charge in [0.1, 0.15) is 0 Å². The van der Waals surface area contributed by atoms with E-state index in [2.05, 4.69) is 20.8 Å². The van der Waals surface area contributed by atoms with E-state index in [1.807, 2.05) is 0 Å². The Morgan fingerprint density at radius 3 is 2.42 bits per heavy atom. The van der Waals surface area contributed by atoms with Crippen molar-refractivity contribution < 1.29 is 0 Å². The van der Waals surface area contributed by atoms with E-state index < -0.39 is 0 Å². The van der Waals surface area contributed by atoms with Crippen LogP contribution in [-0.4, -0.2) is 0 Å². The van der Waals surface area contributed by atoms with E-state index in [0.29, 0.717) is 0 Å². The normalized spacial score (nSPS) is 51.8. The molecule has 0 radical (unpaired) electrons. The summed E-state index contributed by atoms with van der Waals surface area (Å²) >= 11 is 0. The van der Waals surface area contributed by atoms with Gasteiger partial charge in [0, 0.05) is 0 Å². The molecular formula is C12H22. The maximum atomic E-state index is 2.52. The van der Waals surface area contributed by atoms with Crippen LogP contribution in [-0.2, 0) is 0 Å². The van der Waals surface area contributed by atoms with Crippen LogP contribution in [0.15, 0.2) is 0 Å². The average Bonchev–Trinajstić information content (AvgIpc) is 2.60. The van der Waals surface area contributed by atoms with Crippen molar-refractivity contribution >= 4 is 0 Å². The summed E-state index contributed by atoms with van der Waals surface area (Å²) in [6.07, 6.45) is 7.48. The van der Waals surface area contributed by atoms with Crippen LogP contribution in [0.25, 0.3) is 0 Å². The first-order valence-electron chi connectivity index (χ1n) is 5.69. The lowest BCUT2D eigenvalue weighted by molar-refractivity contribution is 0.143. The van der Waals surface area contributed by atoms with Gasteiger partial charge in [-0.15, -0.1) is 0 Å². The summed E-state index contributed by atoms with van der Waals surface area (Å²) < 4.78 is 0. The van der Waals surface area contributed by atoms with E-state index in [1.165, 1.54) is 19.3 Å². The largest absolute Gasteiger partial charge is 0.0651 e. The summed E-state index contributed by atoms with van der Waals surface area (Å²) in [4.78, 5) is 0. The molecule has 2 bridgehead atoms. The van der Waals surface area contributed by atoms with E-state index in [0.717, 1.165) is 23.2 Å². The van der Waals surface area contributed by atoms with Crippen LogP contribution >= 0.6 is 0 Å². The lowest BCUT2D eigenvalue weighted by Crippen LogP contribution is -2.26. The van der Waals surface area contributed by atoms with Gasteiger partial charge in [-0.05, 0) is 42.4 Å². The summed E-state index contributed by atoms with van der Waals surface area (Å²) in [5.74, 6) is 3.28. The van der Waals surface area contributed by atoms with Gasteiger partial charge in [0.15, 0.2) is 0 Å². The fourth-order valence-electron chi connectivity index (χ4n) is 3.73. The van der Waals surface area contributed by atoms with Crippen molar-refractivity contribution in [3.05, 3.63) is 0 Å². The Morgan fingerprint density at radius 1 is 1.25 bits per heavy atom. The third-order valence-corrected chi connectivity index (χ3v) is 4.89. The molecule has 0 aromatic heterocycles. The minimum atomic E-state index is 0.732. The van der Waals surface area contributed by atoms with Gasteiger partial charge in [-0.3, -0.25) is 0 Å². The number of fused-ring (bicyclic) bond motifs is 2. The SMILES string of the molecule is CC[C@H]1CC2CC1C[C@@]2(C)CC. The summed E-state index contributed by atoms with van der Waals surface area (Å²) in [5, 5.41) is 0. The molecule has 0 saturated heterocycles. The van der Waals surface area contributed by atoms with Crippen LogP contribution in [0.1, 0.15) is 52.9 Å². The van der Waals surface area contributed by atoms with E-state index >= 15 is 0 Å². The molecule has 0 nitrogen and oxygen atoms in total. The fraction of sp³-hybridized carbons (Fsp3) is 1.00. The Bertz CT molecular complexity index is 173. The summed E-state index contributed by atoms with van der Waals surface area (Å²) in [6.45, 7) is 7.26. The summed E-state index contributed by atoms with van der Waals surface area (Å²) in [6, 6.07) is 0. The van der Waals surface area contributed by atoms with Crippen molar-refractivity contribution in [3.8, 4) is 0 Å². The Hall–Kier alpha value is 0. The third-order valence-electron chi connectivity index (χ3n) is 4.89. The van der Waals surface area contributed by atoms with Gasteiger partial charge < -0.3 is 0 Å². The van der Waals surface area contributed by atoms with Crippen molar-refractivity contribution in [3.63, 3.8) is 0 Å². The molecule has 0 amide bonds. The summed E-state index contributed by atoms with van der Waals surface area (Å²) in [5.41, 5.74) is 0.732. The van der Waals surface area contributed by atoms with E-state index in [1.54, 1.807) is 12.8 Å². The maximum Gasteiger partial charge on any atom is -0.0297 e. The Labute approximate surface area is 76.7 Å². The van der Waals surface area contributed by atoms with Crippen LogP contribution < -0.4 is 0 Å². The van der Waals surface area contributed by atoms with Crippen molar-refractivity contribution in [2.24, 2.45) is 23.2 Å². The lowest BCUT2D eigenvalue weighted by atomic mass is 9.69. The molecule has 0 aromatic rings. The van der Waals surface area contributed by atoms with Gasteiger partial charge >= 0.3 is 0 Å². The smallest absolute Gasteiger partial charge is 0.0297 e. The van der Waals surface area contributed by atoms with E-state index in [4.69, 9.17) is 0 Å². The second-order valence-corrected chi connectivity index (χ2v) is 5.31. The highest BCUT2D eigenvalue weighted by Gasteiger charge is 2.50. The van der Waals surface area contributed by atoms with Crippen LogP contribution in [0, 0.1) is 23.2 Å². The minimum absolute atomic E-state index is 0.732. The molecule has 2 aliphatic rings. The fourth-order valence-corrected chi connectivity index (χ4v) is 3.73. The highest BCUT2D eigenvalue weighted by Crippen LogP contribution is 2.60. The van der Waals surface area contributed by atoms with Gasteiger partial charge in [-0.2, -0.15) is 0 Å². The molecule has 70 valence electrons. The second-order valence-electron chi connectivity index (χ2n) is 5.31. The first-order chi connectivity index (χ1) is 5.69. The van der Waals surface area contributed by atoms with Crippen molar-refractivity contribution in [1.82, 2.24) is 0 Å². The predicted octanol–water partition coefficient (Wildman–Crippen LogP) is 3.86. The van der Waals surface area contributed by atoms with Gasteiger partial charge in [0.2, 0.25) is 0 Å². The van der Waals surface area contributed by atoms with E-state index in [-0.39, 0.29) is 0 Å². The molecule has 0 spiro atoms. The van der Waals surface area contributed by atoms with Gasteiger partial charge in [0.05, 0.1) is 0 Å². The van der Waals surface area contributed by atoms with Crippen molar-refractivity contribution in [2.45, 2.75) is 52.9 Å². The van der Waals surface area contributed by atoms with Gasteiger partial charge in [-0.1, -0.05) is 33.6 Å². The first kappa shape index (κ1) is 8.59. The zero-order valence-corrected chi connectivity index (χ0v) is 8.77. The molecule has 0 heterocycles. The molecule has 0 N–H and O–H groups in total. The molecular weight excluding hydrogens is 144 g/mol. The molecule has 2 unspecified atom stereocenters. The number of hydrogen-bond acceptors (Lipinski definition) is 0. The minimum Gasteiger partial charge on any atom is -0.0651 e. The van der Waals surface area contributed by atoms with Crippen LogP contribution in [0.4, 0.5) is 0 Å². The number of rotatable bonds is 2. The Balaban J connectivity index is 2.07. The topological polar surface area (TPSA) is 0 Å². The molecule has 0 aliphatic heterocycles. The highest BCUT2D eigenvalue weighted by atomic mass is 14.6. The zero-order valence-electron chi connectivity index (χ0n) is 8.77. The maximum absolute atomic E-state index is 2.52. The predicted molar refractivity (Wildman–Crippen MR) is 53.0 cm³/mol. The van der Waals surface area contributed by atoms with Crippen molar-refractivity contribution in [2.75, 3.05) is 0 Å². The molecule has 2 rings (SSSR count). The Kier molecular flexibility index (Phi) is 1.97. The molecule has 4 atom stereocenters. The lowest BCUT2D eigenvalue weighted by Gasteiger charge is -2.36. The molecule has 12 heavy (non-hydrogen) atoms. The zero-order chi connectivity index (χ0) is 8.77. The van der Waals surface area contributed by atoms with E-state index in [9.17, 15) is 0 Å². The quantitative estimate of drug-likeness (QED) is 0.584. The van der Waals surface area contributed by atoms with Crippen LogP contribution in [0.3, 0.4) is 0 Å². The standard InChI is InChI=1S/C12H22/c1-4-9-6-11-7-10(9)8-12(11,3)5-2/h9-11H,4-8H2,1-3H3/t9-,10?,11?,12+/m0/s1. The molecule has 2 saturated carbocycles. The second kappa shape index (κ2) is 2.75. The van der Waals surface area contributed by atoms with Gasteiger partial charge in [-0.25, -0.2) is 0 Å². The Morgan fingerprint density at radius 2 is 2.00 bits per heavy atom. The number of hydrogen-bond donors (Lipinski definition) is 0. The third kappa shape index (κ3) is 1.03. The van der Waals surface area contributed by atoms with Crippen molar-refractivity contribution in [1.29, 1.82) is 0 Å². The molecule has 0 heteroatoms. The first-order valence-corrected chi connectivity index (χ1v) is 5.69. The molecule has 2 fully saturated rings. The van der Waals surface area contributed by atoms with Gasteiger partial charge in [0.25, 0.3) is 0 Å². The van der Waals surface area contributed by atoms with Crippen LogP contribution in [0.2, 0.25) is 0 Å². The summed E-state index contributed by atoms with van der Waals surface area (Å²) in [7, 11) is 0. The highest BCUT2D eigenvalue weighted by molar-refractivity contribution is 5.00. The monoisotopic (exact) mass is 166 g/mol. The molecule has 2 aliphatic carbocycles. The van der Waals surface area contributed by atoms with Crippen LogP contribution in [0.5, 0.6) is 0 Å².